The summed E-state index contributed by atoms with van der Waals surface area (Å²) in [6.45, 7) is 9.34. The lowest BCUT2D eigenvalue weighted by Gasteiger charge is -2.31. The third-order valence-electron chi connectivity index (χ3n) is 11.6. The van der Waals surface area contributed by atoms with E-state index in [0.29, 0.717) is 0 Å². The van der Waals surface area contributed by atoms with Crippen LogP contribution >= 0.6 is 0 Å². The van der Waals surface area contributed by atoms with Gasteiger partial charge >= 0.3 is 0 Å². The molecular weight excluding hydrogens is 641 g/mol. The first-order valence-electron chi connectivity index (χ1n) is 18.6. The van der Waals surface area contributed by atoms with Gasteiger partial charge in [0.25, 0.3) is 0 Å². The summed E-state index contributed by atoms with van der Waals surface area (Å²) in [6, 6.07) is 62.4. The van der Waals surface area contributed by atoms with Crippen molar-refractivity contribution in [1.82, 2.24) is 0 Å². The Hall–Kier alpha value is -6.38. The second-order valence-electron chi connectivity index (χ2n) is 15.1. The van der Waals surface area contributed by atoms with E-state index < -0.39 is 0 Å². The predicted molar refractivity (Wildman–Crippen MR) is 225 cm³/mol. The molecule has 0 saturated carbocycles. The molecule has 0 bridgehead atoms. The van der Waals surface area contributed by atoms with Gasteiger partial charge in [-0.1, -0.05) is 117 Å². The van der Waals surface area contributed by atoms with Crippen molar-refractivity contribution < 1.29 is 0 Å². The molecule has 53 heavy (non-hydrogen) atoms. The van der Waals surface area contributed by atoms with Crippen molar-refractivity contribution in [3.05, 3.63) is 192 Å². The molecule has 0 N–H and O–H groups in total. The van der Waals surface area contributed by atoms with Crippen LogP contribution in [0.5, 0.6) is 0 Å². The second kappa shape index (κ2) is 11.8. The van der Waals surface area contributed by atoms with Gasteiger partial charge in [-0.2, -0.15) is 0 Å². The first-order chi connectivity index (χ1) is 25.9. The summed E-state index contributed by atoms with van der Waals surface area (Å²) >= 11 is 0. The maximum absolute atomic E-state index is 2.51. The fourth-order valence-corrected chi connectivity index (χ4v) is 9.05. The Kier molecular flexibility index (Phi) is 7.00. The molecule has 8 aromatic carbocycles. The summed E-state index contributed by atoms with van der Waals surface area (Å²) in [6.07, 6.45) is 0. The molecule has 0 atom stereocenters. The Morgan fingerprint density at radius 2 is 0.849 bits per heavy atom. The van der Waals surface area contributed by atoms with Gasteiger partial charge in [0.1, 0.15) is 0 Å². The van der Waals surface area contributed by atoms with Crippen molar-refractivity contribution in [2.24, 2.45) is 0 Å². The number of nitrogens with zero attached hydrogens (tertiary/aromatic N) is 2. The van der Waals surface area contributed by atoms with E-state index in [9.17, 15) is 0 Å². The highest BCUT2D eigenvalue weighted by atomic mass is 15.2. The highest BCUT2D eigenvalue weighted by Gasteiger charge is 2.38. The van der Waals surface area contributed by atoms with E-state index in [-0.39, 0.29) is 5.41 Å². The maximum Gasteiger partial charge on any atom is 0.0547 e. The molecule has 0 heterocycles. The molecule has 0 saturated heterocycles. The number of aryl methyl sites for hydroxylation is 2. The zero-order valence-corrected chi connectivity index (χ0v) is 30.6. The van der Waals surface area contributed by atoms with E-state index in [4.69, 9.17) is 0 Å². The minimum Gasteiger partial charge on any atom is -0.310 e. The number of fused-ring (bicyclic) bond motifs is 6. The third kappa shape index (κ3) is 4.72. The fourth-order valence-electron chi connectivity index (χ4n) is 9.05. The average molecular weight is 681 g/mol. The molecule has 0 radical (unpaired) electrons. The summed E-state index contributed by atoms with van der Waals surface area (Å²) in [5, 5.41) is 2.61. The maximum atomic E-state index is 2.51. The molecule has 0 spiro atoms. The minimum absolute atomic E-state index is 0.225. The Bertz CT molecular complexity index is 2670. The van der Waals surface area contributed by atoms with Crippen LogP contribution < -0.4 is 9.80 Å². The molecule has 0 aromatic heterocycles. The van der Waals surface area contributed by atoms with Crippen LogP contribution in [0.15, 0.2) is 170 Å². The minimum atomic E-state index is -0.225. The average Bonchev–Trinajstić information content (AvgIpc) is 3.63. The molecule has 0 aliphatic heterocycles. The molecule has 0 amide bonds. The number of hydrogen-bond donors (Lipinski definition) is 0. The zero-order chi connectivity index (χ0) is 35.8. The van der Waals surface area contributed by atoms with Crippen LogP contribution in [0, 0.1) is 13.8 Å². The molecule has 254 valence electrons. The van der Waals surface area contributed by atoms with Crippen molar-refractivity contribution in [3.8, 4) is 33.4 Å². The lowest BCUT2D eigenvalue weighted by Crippen LogP contribution is -2.18. The largest absolute Gasteiger partial charge is 0.310 e. The third-order valence-corrected chi connectivity index (χ3v) is 11.6. The molecule has 2 aliphatic rings. The van der Waals surface area contributed by atoms with Crippen LogP contribution in [-0.4, -0.2) is 0 Å². The van der Waals surface area contributed by atoms with Crippen molar-refractivity contribution in [2.45, 2.75) is 33.1 Å². The number of para-hydroxylation sites is 3. The van der Waals surface area contributed by atoms with Crippen molar-refractivity contribution in [2.75, 3.05) is 9.80 Å². The number of anilines is 6. The van der Waals surface area contributed by atoms with E-state index in [2.05, 4.69) is 207 Å². The molecular formula is C51H40N2. The van der Waals surface area contributed by atoms with Crippen LogP contribution in [0.25, 0.3) is 44.2 Å². The van der Waals surface area contributed by atoms with Crippen LogP contribution in [0.4, 0.5) is 34.1 Å². The summed E-state index contributed by atoms with van der Waals surface area (Å²) in [7, 11) is 0. The van der Waals surface area contributed by atoms with Gasteiger partial charge in [0.15, 0.2) is 0 Å². The SMILES string of the molecule is Cc1cc2c(cc1N(c1ccccc1)c1ccccc1)C(C)(C)c1cc(N(c3ccccc3)c3ccc4cccc5c4c3-c3ccccc3-5)c(C)cc1-2. The quantitative estimate of drug-likeness (QED) is 0.172. The van der Waals surface area contributed by atoms with Crippen molar-refractivity contribution in [3.63, 3.8) is 0 Å². The monoisotopic (exact) mass is 680 g/mol. The highest BCUT2D eigenvalue weighted by molar-refractivity contribution is 6.19. The van der Waals surface area contributed by atoms with Gasteiger partial charge in [0, 0.05) is 39.4 Å². The Morgan fingerprint density at radius 3 is 1.42 bits per heavy atom. The van der Waals surface area contributed by atoms with Gasteiger partial charge in [-0.25, -0.2) is 0 Å². The topological polar surface area (TPSA) is 6.48 Å². The molecule has 0 fully saturated rings. The highest BCUT2D eigenvalue weighted by Crippen LogP contribution is 2.57. The molecule has 8 aromatic rings. The smallest absolute Gasteiger partial charge is 0.0547 e. The van der Waals surface area contributed by atoms with Crippen LogP contribution in [-0.2, 0) is 5.41 Å². The summed E-state index contributed by atoms with van der Waals surface area (Å²) < 4.78 is 0. The molecule has 2 nitrogen and oxygen atoms in total. The predicted octanol–water partition coefficient (Wildman–Crippen LogP) is 14.3. The summed E-state index contributed by atoms with van der Waals surface area (Å²) in [5.41, 5.74) is 20.0. The number of rotatable bonds is 6. The van der Waals surface area contributed by atoms with Gasteiger partial charge in [0.05, 0.1) is 5.69 Å². The van der Waals surface area contributed by atoms with Gasteiger partial charge in [-0.3, -0.25) is 0 Å². The Balaban J connectivity index is 1.17. The van der Waals surface area contributed by atoms with Gasteiger partial charge < -0.3 is 9.80 Å². The summed E-state index contributed by atoms with van der Waals surface area (Å²) in [4.78, 5) is 4.91. The lowest BCUT2D eigenvalue weighted by atomic mass is 9.81. The number of hydrogen-bond acceptors (Lipinski definition) is 2. The van der Waals surface area contributed by atoms with Gasteiger partial charge in [-0.05, 0) is 141 Å². The van der Waals surface area contributed by atoms with Crippen molar-refractivity contribution >= 4 is 44.9 Å². The normalized spacial score (nSPS) is 13.1. The van der Waals surface area contributed by atoms with Gasteiger partial charge in [0.2, 0.25) is 0 Å². The lowest BCUT2D eigenvalue weighted by molar-refractivity contribution is 0.660. The van der Waals surface area contributed by atoms with Crippen LogP contribution in [0.3, 0.4) is 0 Å². The summed E-state index contributed by atoms with van der Waals surface area (Å²) in [5.74, 6) is 0. The zero-order valence-electron chi connectivity index (χ0n) is 30.6. The van der Waals surface area contributed by atoms with E-state index >= 15 is 0 Å². The Morgan fingerprint density at radius 1 is 0.377 bits per heavy atom. The van der Waals surface area contributed by atoms with E-state index in [1.807, 2.05) is 0 Å². The first-order valence-corrected chi connectivity index (χ1v) is 18.6. The second-order valence-corrected chi connectivity index (χ2v) is 15.1. The molecule has 0 unspecified atom stereocenters. The van der Waals surface area contributed by atoms with Crippen LogP contribution in [0.1, 0.15) is 36.1 Å². The molecule has 10 rings (SSSR count). The van der Waals surface area contributed by atoms with E-state index in [0.717, 1.165) is 17.1 Å². The molecule has 2 aliphatic carbocycles. The van der Waals surface area contributed by atoms with Gasteiger partial charge in [-0.15, -0.1) is 0 Å². The van der Waals surface area contributed by atoms with Crippen molar-refractivity contribution in [1.29, 1.82) is 0 Å². The fraction of sp³-hybridized carbons (Fsp3) is 0.0980. The number of benzene rings is 8. The Labute approximate surface area is 312 Å². The van der Waals surface area contributed by atoms with E-state index in [1.54, 1.807) is 0 Å². The van der Waals surface area contributed by atoms with E-state index in [1.165, 1.54) is 83.5 Å². The van der Waals surface area contributed by atoms with Crippen LogP contribution in [0.2, 0.25) is 0 Å². The molecule has 2 heteroatoms. The standard InChI is InChI=1S/C51H40N2/c1-33-29-42-43-30-34(2)48(32-45(43)51(3,4)44(42)31-47(33)52(36-18-8-5-9-19-36)37-20-10-6-11-21-37)53(38-22-12-7-13-23-38)46-28-27-35-17-16-26-40-39-24-14-15-25-41(39)50(46)49(35)40/h5-32H,1-4H3. The first kappa shape index (κ1) is 31.4.